The molecule has 5 atom stereocenters. The highest BCUT2D eigenvalue weighted by Gasteiger charge is 2.32. The van der Waals surface area contributed by atoms with Crippen molar-refractivity contribution in [3.8, 4) is 0 Å². The van der Waals surface area contributed by atoms with Crippen LogP contribution in [0, 0.1) is 35.5 Å². The van der Waals surface area contributed by atoms with Gasteiger partial charge in [-0.3, -0.25) is 0 Å². The monoisotopic (exact) mass is 502 g/mol. The first-order chi connectivity index (χ1) is 17.9. The lowest BCUT2D eigenvalue weighted by molar-refractivity contribution is 0.129. The minimum atomic E-state index is 0.946. The van der Waals surface area contributed by atoms with Gasteiger partial charge in [-0.1, -0.05) is 51.4 Å². The van der Waals surface area contributed by atoms with Crippen molar-refractivity contribution in [1.29, 1.82) is 0 Å². The van der Waals surface area contributed by atoms with Gasteiger partial charge in [-0.2, -0.15) is 0 Å². The Labute approximate surface area is 224 Å². The number of hydrogen-bond donors (Lipinski definition) is 4. The van der Waals surface area contributed by atoms with Crippen molar-refractivity contribution >= 4 is 0 Å². The summed E-state index contributed by atoms with van der Waals surface area (Å²) in [5.41, 5.74) is 0. The Morgan fingerprint density at radius 1 is 0.361 bits per heavy atom. The molecule has 0 spiro atoms. The minimum absolute atomic E-state index is 0.946. The standard InChI is InChI=1S/C32H62N4/c1-2-9-30-16-13-27(12-15-29(30)8-1)25-35-22-6-20-33-18-5-19-34-21-7-23-36-26-28-14-17-31-10-3-4-11-32(31)24-28/h27-36H,1-26H2. The highest BCUT2D eigenvalue weighted by Crippen LogP contribution is 2.42. The van der Waals surface area contributed by atoms with E-state index in [1.165, 1.54) is 142 Å². The van der Waals surface area contributed by atoms with Crippen molar-refractivity contribution in [3.05, 3.63) is 0 Å². The average molecular weight is 503 g/mol. The molecule has 0 saturated heterocycles. The SMILES string of the molecule is C(CNCCCNCC1CCC2CCCCC2CC1)CNCCCNCC1CCC2CCCCC2C1. The average Bonchev–Trinajstić information content (AvgIpc) is 3.13. The first-order valence-electron chi connectivity index (χ1n) is 16.7. The molecular weight excluding hydrogens is 440 g/mol. The van der Waals surface area contributed by atoms with E-state index in [4.69, 9.17) is 0 Å². The zero-order valence-corrected chi connectivity index (χ0v) is 23.8. The summed E-state index contributed by atoms with van der Waals surface area (Å²) in [6, 6.07) is 0. The lowest BCUT2D eigenvalue weighted by Gasteiger charge is -2.39. The third kappa shape index (κ3) is 10.5. The van der Waals surface area contributed by atoms with Crippen LogP contribution in [0.2, 0.25) is 0 Å². The van der Waals surface area contributed by atoms with E-state index in [-0.39, 0.29) is 0 Å². The van der Waals surface area contributed by atoms with Crippen molar-refractivity contribution in [2.75, 3.05) is 52.4 Å². The fourth-order valence-electron chi connectivity index (χ4n) is 8.33. The van der Waals surface area contributed by atoms with Crippen LogP contribution in [0.1, 0.15) is 116 Å². The molecular formula is C32H62N4. The quantitative estimate of drug-likeness (QED) is 0.192. The molecule has 0 aromatic carbocycles. The lowest BCUT2D eigenvalue weighted by atomic mass is 9.67. The Morgan fingerprint density at radius 2 is 0.750 bits per heavy atom. The lowest BCUT2D eigenvalue weighted by Crippen LogP contribution is -2.33. The van der Waals surface area contributed by atoms with Crippen LogP contribution in [0.15, 0.2) is 0 Å². The summed E-state index contributed by atoms with van der Waals surface area (Å²) in [6.07, 6.45) is 26.4. The Kier molecular flexibility index (Phi) is 14.0. The summed E-state index contributed by atoms with van der Waals surface area (Å²) in [5.74, 6) is 6.22. The Hall–Kier alpha value is -0.160. The molecule has 0 radical (unpaired) electrons. The largest absolute Gasteiger partial charge is 0.317 e. The predicted octanol–water partition coefficient (Wildman–Crippen LogP) is 6.12. The topological polar surface area (TPSA) is 48.1 Å². The van der Waals surface area contributed by atoms with Crippen LogP contribution in [0.5, 0.6) is 0 Å². The van der Waals surface area contributed by atoms with Crippen LogP contribution >= 0.6 is 0 Å². The van der Waals surface area contributed by atoms with Crippen molar-refractivity contribution < 1.29 is 0 Å². The van der Waals surface area contributed by atoms with Crippen molar-refractivity contribution in [3.63, 3.8) is 0 Å². The zero-order chi connectivity index (χ0) is 24.7. The number of fused-ring (bicyclic) bond motifs is 2. The predicted molar refractivity (Wildman–Crippen MR) is 156 cm³/mol. The summed E-state index contributed by atoms with van der Waals surface area (Å²) in [5, 5.41) is 14.8. The maximum Gasteiger partial charge on any atom is -0.00204 e. The van der Waals surface area contributed by atoms with Crippen LogP contribution in [0.25, 0.3) is 0 Å². The summed E-state index contributed by atoms with van der Waals surface area (Å²) in [7, 11) is 0. The van der Waals surface area contributed by atoms with E-state index < -0.39 is 0 Å². The molecule has 5 unspecified atom stereocenters. The molecule has 210 valence electrons. The fourth-order valence-corrected chi connectivity index (χ4v) is 8.33. The van der Waals surface area contributed by atoms with E-state index in [1.54, 1.807) is 0 Å². The Bertz CT molecular complexity index is 538. The van der Waals surface area contributed by atoms with Gasteiger partial charge in [0.05, 0.1) is 0 Å². The van der Waals surface area contributed by atoms with E-state index in [2.05, 4.69) is 21.3 Å². The highest BCUT2D eigenvalue weighted by molar-refractivity contribution is 4.84. The van der Waals surface area contributed by atoms with Crippen LogP contribution in [0.4, 0.5) is 0 Å². The molecule has 0 aromatic heterocycles. The molecule has 4 aliphatic carbocycles. The second-order valence-electron chi connectivity index (χ2n) is 13.3. The smallest absolute Gasteiger partial charge is 0.00204 e. The minimum Gasteiger partial charge on any atom is -0.317 e. The van der Waals surface area contributed by atoms with Gasteiger partial charge < -0.3 is 21.3 Å². The van der Waals surface area contributed by atoms with Gasteiger partial charge in [0.15, 0.2) is 0 Å². The van der Waals surface area contributed by atoms with Crippen LogP contribution < -0.4 is 21.3 Å². The van der Waals surface area contributed by atoms with Gasteiger partial charge in [0.25, 0.3) is 0 Å². The molecule has 4 N–H and O–H groups in total. The van der Waals surface area contributed by atoms with Gasteiger partial charge in [0, 0.05) is 0 Å². The second-order valence-corrected chi connectivity index (χ2v) is 13.3. The van der Waals surface area contributed by atoms with E-state index >= 15 is 0 Å². The molecule has 4 saturated carbocycles. The molecule has 4 aliphatic rings. The Balaban J connectivity index is 0.863. The fraction of sp³-hybridized carbons (Fsp3) is 1.00. The summed E-state index contributed by atoms with van der Waals surface area (Å²) in [4.78, 5) is 0. The van der Waals surface area contributed by atoms with Gasteiger partial charge in [-0.25, -0.2) is 0 Å². The van der Waals surface area contributed by atoms with E-state index in [9.17, 15) is 0 Å². The van der Waals surface area contributed by atoms with Gasteiger partial charge in [0.2, 0.25) is 0 Å². The maximum atomic E-state index is 3.77. The number of nitrogens with one attached hydrogen (secondary N) is 4. The normalized spacial score (nSPS) is 33.0. The van der Waals surface area contributed by atoms with Crippen LogP contribution in [-0.4, -0.2) is 52.4 Å². The molecule has 4 nitrogen and oxygen atoms in total. The van der Waals surface area contributed by atoms with Gasteiger partial charge in [-0.05, 0) is 152 Å². The van der Waals surface area contributed by atoms with Crippen LogP contribution in [-0.2, 0) is 0 Å². The number of hydrogen-bond acceptors (Lipinski definition) is 4. The molecule has 4 heteroatoms. The molecule has 0 bridgehead atoms. The van der Waals surface area contributed by atoms with E-state index in [0.29, 0.717) is 0 Å². The molecule has 4 fully saturated rings. The van der Waals surface area contributed by atoms with Gasteiger partial charge in [-0.15, -0.1) is 0 Å². The number of rotatable bonds is 16. The summed E-state index contributed by atoms with van der Waals surface area (Å²) < 4.78 is 0. The third-order valence-electron chi connectivity index (χ3n) is 10.6. The summed E-state index contributed by atoms with van der Waals surface area (Å²) in [6.45, 7) is 9.53. The molecule has 0 aromatic rings. The van der Waals surface area contributed by atoms with Crippen molar-refractivity contribution in [1.82, 2.24) is 21.3 Å². The van der Waals surface area contributed by atoms with Crippen LogP contribution in [0.3, 0.4) is 0 Å². The van der Waals surface area contributed by atoms with Crippen molar-refractivity contribution in [2.45, 2.75) is 116 Å². The Morgan fingerprint density at radius 3 is 1.28 bits per heavy atom. The molecule has 4 rings (SSSR count). The summed E-state index contributed by atoms with van der Waals surface area (Å²) >= 11 is 0. The second kappa shape index (κ2) is 17.4. The molecule has 36 heavy (non-hydrogen) atoms. The van der Waals surface area contributed by atoms with Crippen molar-refractivity contribution in [2.24, 2.45) is 35.5 Å². The van der Waals surface area contributed by atoms with E-state index in [0.717, 1.165) is 61.7 Å². The highest BCUT2D eigenvalue weighted by atomic mass is 14.9. The molecule has 0 amide bonds. The molecule has 0 heterocycles. The maximum absolute atomic E-state index is 3.77. The third-order valence-corrected chi connectivity index (χ3v) is 10.6. The first-order valence-corrected chi connectivity index (χ1v) is 16.7. The zero-order valence-electron chi connectivity index (χ0n) is 23.8. The first kappa shape index (κ1) is 28.8. The van der Waals surface area contributed by atoms with Gasteiger partial charge >= 0.3 is 0 Å². The molecule has 0 aliphatic heterocycles. The van der Waals surface area contributed by atoms with Gasteiger partial charge in [0.1, 0.15) is 0 Å². The van der Waals surface area contributed by atoms with E-state index in [1.807, 2.05) is 0 Å².